The number of aryl methyl sites for hydroxylation is 2. The van der Waals surface area contributed by atoms with Gasteiger partial charge < -0.3 is 9.84 Å². The third-order valence-electron chi connectivity index (χ3n) is 4.49. The second kappa shape index (κ2) is 9.05. The molecule has 1 N–H and O–H groups in total. The van der Waals surface area contributed by atoms with Crippen LogP contribution in [-0.2, 0) is 22.7 Å². The number of rotatable bonds is 8. The topological polar surface area (TPSA) is 76.5 Å². The van der Waals surface area contributed by atoms with Gasteiger partial charge in [0.05, 0.1) is 10.6 Å². The zero-order chi connectivity index (χ0) is 20.9. The number of aromatic nitrogens is 1. The van der Waals surface area contributed by atoms with E-state index in [2.05, 4.69) is 4.98 Å². The molecule has 0 saturated carbocycles. The number of phenolic OH excluding ortho intramolecular Hbond substituents is 1. The highest BCUT2D eigenvalue weighted by Crippen LogP contribution is 2.33. The van der Waals surface area contributed by atoms with E-state index in [4.69, 9.17) is 4.74 Å². The van der Waals surface area contributed by atoms with E-state index in [-0.39, 0.29) is 27.9 Å². The SMILES string of the molecule is CCc1ccc(Oc2ccc(S(=O)(=O)CCCc3ccccn3)cc2F)c(O)c1. The Labute approximate surface area is 169 Å². The summed E-state index contributed by atoms with van der Waals surface area (Å²) < 4.78 is 44.9. The standard InChI is InChI=1S/C22H22FNO4S/c1-2-16-8-10-22(20(25)14-16)28-21-11-9-18(15-19(21)23)29(26,27)13-5-7-17-6-3-4-12-24-17/h3-4,6,8-12,14-15,25H,2,5,7,13H2,1H3. The number of benzene rings is 2. The number of hydrogen-bond donors (Lipinski definition) is 1. The van der Waals surface area contributed by atoms with Crippen LogP contribution >= 0.6 is 0 Å². The van der Waals surface area contributed by atoms with Crippen LogP contribution in [0.4, 0.5) is 4.39 Å². The number of nitrogens with zero attached hydrogens (tertiary/aromatic N) is 1. The van der Waals surface area contributed by atoms with Gasteiger partial charge in [0.15, 0.2) is 32.9 Å². The van der Waals surface area contributed by atoms with Crippen molar-refractivity contribution in [2.75, 3.05) is 5.75 Å². The molecule has 0 aliphatic heterocycles. The molecule has 0 atom stereocenters. The van der Waals surface area contributed by atoms with E-state index in [1.807, 2.05) is 19.1 Å². The van der Waals surface area contributed by atoms with Crippen LogP contribution in [-0.4, -0.2) is 24.3 Å². The van der Waals surface area contributed by atoms with Crippen molar-refractivity contribution in [1.29, 1.82) is 0 Å². The van der Waals surface area contributed by atoms with Crippen molar-refractivity contribution in [3.63, 3.8) is 0 Å². The number of aromatic hydroxyl groups is 1. The lowest BCUT2D eigenvalue weighted by atomic mass is 10.1. The number of sulfone groups is 1. The molecule has 152 valence electrons. The lowest BCUT2D eigenvalue weighted by Gasteiger charge is -2.11. The highest BCUT2D eigenvalue weighted by Gasteiger charge is 2.18. The largest absolute Gasteiger partial charge is 0.504 e. The maximum absolute atomic E-state index is 14.4. The molecule has 0 aliphatic rings. The fourth-order valence-electron chi connectivity index (χ4n) is 2.85. The first-order valence-electron chi connectivity index (χ1n) is 9.31. The van der Waals surface area contributed by atoms with E-state index in [0.29, 0.717) is 12.8 Å². The summed E-state index contributed by atoms with van der Waals surface area (Å²) in [4.78, 5) is 4.06. The smallest absolute Gasteiger partial charge is 0.178 e. The van der Waals surface area contributed by atoms with Crippen molar-refractivity contribution >= 4 is 9.84 Å². The van der Waals surface area contributed by atoms with Crippen LogP contribution in [0.25, 0.3) is 0 Å². The molecular weight excluding hydrogens is 393 g/mol. The molecule has 0 fully saturated rings. The molecule has 7 heteroatoms. The molecule has 0 unspecified atom stereocenters. The van der Waals surface area contributed by atoms with Gasteiger partial charge in [-0.3, -0.25) is 4.98 Å². The van der Waals surface area contributed by atoms with Gasteiger partial charge >= 0.3 is 0 Å². The highest BCUT2D eigenvalue weighted by atomic mass is 32.2. The molecule has 1 heterocycles. The highest BCUT2D eigenvalue weighted by molar-refractivity contribution is 7.91. The summed E-state index contributed by atoms with van der Waals surface area (Å²) in [7, 11) is -3.63. The molecule has 0 bridgehead atoms. The van der Waals surface area contributed by atoms with E-state index in [0.717, 1.165) is 23.7 Å². The van der Waals surface area contributed by atoms with Gasteiger partial charge in [-0.2, -0.15) is 0 Å². The van der Waals surface area contributed by atoms with Gasteiger partial charge in [0.25, 0.3) is 0 Å². The zero-order valence-corrected chi connectivity index (χ0v) is 16.8. The monoisotopic (exact) mass is 415 g/mol. The molecule has 0 aliphatic carbocycles. The van der Waals surface area contributed by atoms with Crippen molar-refractivity contribution in [3.05, 3.63) is 77.9 Å². The number of phenols is 1. The maximum atomic E-state index is 14.4. The second-order valence-corrected chi connectivity index (χ2v) is 8.70. The quantitative estimate of drug-likeness (QED) is 0.578. The molecule has 5 nitrogen and oxygen atoms in total. The van der Waals surface area contributed by atoms with Crippen LogP contribution in [0.2, 0.25) is 0 Å². The predicted octanol–water partition coefficient (Wildman–Crippen LogP) is 4.69. The van der Waals surface area contributed by atoms with E-state index < -0.39 is 15.7 Å². The first-order chi connectivity index (χ1) is 13.9. The van der Waals surface area contributed by atoms with Crippen molar-refractivity contribution < 1.29 is 22.7 Å². The van der Waals surface area contributed by atoms with Crippen molar-refractivity contribution in [3.8, 4) is 17.2 Å². The van der Waals surface area contributed by atoms with Gasteiger partial charge in [-0.05, 0) is 67.3 Å². The predicted molar refractivity (Wildman–Crippen MR) is 109 cm³/mol. The van der Waals surface area contributed by atoms with Gasteiger partial charge in [-0.1, -0.05) is 19.1 Å². The summed E-state index contributed by atoms with van der Waals surface area (Å²) in [6.45, 7) is 1.95. The Morgan fingerprint density at radius 3 is 2.52 bits per heavy atom. The maximum Gasteiger partial charge on any atom is 0.178 e. The minimum Gasteiger partial charge on any atom is -0.504 e. The summed E-state index contributed by atoms with van der Waals surface area (Å²) in [6, 6.07) is 13.9. The van der Waals surface area contributed by atoms with Gasteiger partial charge in [0.2, 0.25) is 0 Å². The zero-order valence-electron chi connectivity index (χ0n) is 16.0. The number of halogens is 1. The lowest BCUT2D eigenvalue weighted by molar-refractivity contribution is 0.395. The minimum atomic E-state index is -3.63. The minimum absolute atomic E-state index is 0.102. The van der Waals surface area contributed by atoms with E-state index in [1.54, 1.807) is 30.5 Å². The van der Waals surface area contributed by atoms with Crippen LogP contribution in [0.3, 0.4) is 0 Å². The Bertz CT molecular complexity index is 1090. The van der Waals surface area contributed by atoms with Gasteiger partial charge in [-0.15, -0.1) is 0 Å². The number of hydrogen-bond acceptors (Lipinski definition) is 5. The van der Waals surface area contributed by atoms with Gasteiger partial charge in [0.1, 0.15) is 0 Å². The molecule has 2 aromatic carbocycles. The van der Waals surface area contributed by atoms with E-state index in [9.17, 15) is 17.9 Å². The fourth-order valence-corrected chi connectivity index (χ4v) is 4.17. The third kappa shape index (κ3) is 5.32. The molecule has 0 radical (unpaired) electrons. The van der Waals surface area contributed by atoms with Crippen molar-refractivity contribution in [2.45, 2.75) is 31.1 Å². The molecule has 3 rings (SSSR count). The Balaban J connectivity index is 1.69. The van der Waals surface area contributed by atoms with Crippen LogP contribution in [0.5, 0.6) is 17.2 Å². The molecule has 29 heavy (non-hydrogen) atoms. The molecule has 3 aromatic rings. The summed E-state index contributed by atoms with van der Waals surface area (Å²) in [6.07, 6.45) is 3.31. The normalized spacial score (nSPS) is 11.4. The number of pyridine rings is 1. The van der Waals surface area contributed by atoms with Crippen LogP contribution < -0.4 is 4.74 Å². The molecular formula is C22H22FNO4S. The third-order valence-corrected chi connectivity index (χ3v) is 6.28. The van der Waals surface area contributed by atoms with Crippen LogP contribution in [0, 0.1) is 5.82 Å². The molecule has 0 spiro atoms. The Kier molecular flexibility index (Phi) is 6.49. The average Bonchev–Trinajstić information content (AvgIpc) is 2.71. The van der Waals surface area contributed by atoms with Crippen LogP contribution in [0.1, 0.15) is 24.6 Å². The van der Waals surface area contributed by atoms with Gasteiger partial charge in [-0.25, -0.2) is 12.8 Å². The lowest BCUT2D eigenvalue weighted by Crippen LogP contribution is -2.08. The first-order valence-corrected chi connectivity index (χ1v) is 11.0. The summed E-state index contributed by atoms with van der Waals surface area (Å²) >= 11 is 0. The molecule has 0 amide bonds. The number of ether oxygens (including phenoxy) is 1. The Morgan fingerprint density at radius 2 is 1.86 bits per heavy atom. The fraction of sp³-hybridized carbons (Fsp3) is 0.227. The summed E-state index contributed by atoms with van der Waals surface area (Å²) in [5, 5.41) is 10.0. The first kappa shape index (κ1) is 20.8. The summed E-state index contributed by atoms with van der Waals surface area (Å²) in [5.74, 6) is -1.07. The average molecular weight is 415 g/mol. The Hall–Kier alpha value is -2.93. The van der Waals surface area contributed by atoms with Crippen molar-refractivity contribution in [1.82, 2.24) is 4.98 Å². The molecule has 1 aromatic heterocycles. The Morgan fingerprint density at radius 1 is 1.07 bits per heavy atom. The molecule has 0 saturated heterocycles. The van der Waals surface area contributed by atoms with Gasteiger partial charge in [0, 0.05) is 11.9 Å². The van der Waals surface area contributed by atoms with E-state index in [1.165, 1.54) is 12.1 Å². The van der Waals surface area contributed by atoms with Crippen LogP contribution in [0.15, 0.2) is 65.7 Å². The van der Waals surface area contributed by atoms with E-state index >= 15 is 0 Å². The summed E-state index contributed by atoms with van der Waals surface area (Å²) in [5.41, 5.74) is 1.73. The van der Waals surface area contributed by atoms with Crippen molar-refractivity contribution in [2.24, 2.45) is 0 Å². The second-order valence-electron chi connectivity index (χ2n) is 6.59.